The maximum atomic E-state index is 13.3. The number of hydrogen-bond donors (Lipinski definition) is 0. The van der Waals surface area contributed by atoms with E-state index in [1.54, 1.807) is 26.2 Å². The molecule has 0 bridgehead atoms. The van der Waals surface area contributed by atoms with Crippen LogP contribution in [0.5, 0.6) is 5.75 Å². The molecule has 0 fully saturated rings. The maximum absolute atomic E-state index is 13.3. The molecule has 0 aliphatic rings. The summed E-state index contributed by atoms with van der Waals surface area (Å²) in [5.74, 6) is 0.680. The molecular weight excluding hydrogens is 564 g/mol. The highest BCUT2D eigenvalue weighted by Crippen LogP contribution is 2.29. The molecule has 1 unspecified atom stereocenters. The summed E-state index contributed by atoms with van der Waals surface area (Å²) < 4.78 is 46.9. The van der Waals surface area contributed by atoms with Gasteiger partial charge in [-0.2, -0.15) is 23.5 Å². The number of benzene rings is 1. The molecule has 3 heterocycles. The maximum Gasteiger partial charge on any atom is 0.433 e. The Balaban J connectivity index is 1.78. The number of aromatic nitrogens is 5. The second-order valence-corrected chi connectivity index (χ2v) is 8.34. The molecule has 12 heteroatoms. The smallest absolute Gasteiger partial charge is 0.433 e. The normalized spacial score (nSPS) is 12.5. The molecule has 0 aliphatic heterocycles. The summed E-state index contributed by atoms with van der Waals surface area (Å²) in [6.07, 6.45) is -3.45. The molecule has 0 spiro atoms. The Hall–Kier alpha value is -3.47. The van der Waals surface area contributed by atoms with Gasteiger partial charge in [-0.1, -0.05) is 18.2 Å². The van der Waals surface area contributed by atoms with E-state index in [2.05, 4.69) is 15.1 Å². The summed E-state index contributed by atoms with van der Waals surface area (Å²) in [7, 11) is 1.56. The number of rotatable bonds is 5. The molecule has 3 aromatic heterocycles. The lowest BCUT2D eigenvalue weighted by Gasteiger charge is -2.15. The Labute approximate surface area is 204 Å². The van der Waals surface area contributed by atoms with Crippen molar-refractivity contribution in [2.75, 3.05) is 7.11 Å². The molecule has 174 valence electrons. The number of nitrogens with zero attached hydrogens (tertiary/aromatic N) is 6. The molecule has 4 aromatic rings. The highest BCUT2D eigenvalue weighted by Gasteiger charge is 2.32. The van der Waals surface area contributed by atoms with Crippen molar-refractivity contribution in [1.29, 1.82) is 5.26 Å². The molecule has 1 aromatic carbocycles. The first kappa shape index (κ1) is 23.7. The zero-order valence-corrected chi connectivity index (χ0v) is 20.0. The van der Waals surface area contributed by atoms with Gasteiger partial charge in [-0.25, -0.2) is 9.67 Å². The third-order valence-electron chi connectivity index (χ3n) is 5.30. The van der Waals surface area contributed by atoms with E-state index in [-0.39, 0.29) is 23.3 Å². The number of alkyl halides is 3. The van der Waals surface area contributed by atoms with E-state index >= 15 is 0 Å². The van der Waals surface area contributed by atoms with Crippen LogP contribution in [-0.4, -0.2) is 31.4 Å². The van der Waals surface area contributed by atoms with Crippen LogP contribution in [0.2, 0.25) is 0 Å². The summed E-state index contributed by atoms with van der Waals surface area (Å²) in [4.78, 5) is 21.3. The second kappa shape index (κ2) is 9.05. The van der Waals surface area contributed by atoms with Crippen LogP contribution in [0.1, 0.15) is 35.5 Å². The number of nitriles is 1. The van der Waals surface area contributed by atoms with Gasteiger partial charge in [0, 0.05) is 28.8 Å². The first-order valence-electron chi connectivity index (χ1n) is 9.88. The van der Waals surface area contributed by atoms with Gasteiger partial charge >= 0.3 is 6.18 Å². The summed E-state index contributed by atoms with van der Waals surface area (Å²) in [5, 5.41) is 13.9. The quantitative estimate of drug-likeness (QED) is 0.260. The topological polar surface area (TPSA) is 98.6 Å². The lowest BCUT2D eigenvalue weighted by atomic mass is 10.1. The van der Waals surface area contributed by atoms with Crippen LogP contribution in [0.3, 0.4) is 0 Å². The van der Waals surface area contributed by atoms with Crippen molar-refractivity contribution < 1.29 is 17.9 Å². The van der Waals surface area contributed by atoms with E-state index in [0.717, 1.165) is 17.8 Å². The van der Waals surface area contributed by atoms with Crippen molar-refractivity contribution in [3.63, 3.8) is 0 Å². The van der Waals surface area contributed by atoms with Gasteiger partial charge in [0.2, 0.25) is 0 Å². The fraction of sp³-hybridized carbons (Fsp3) is 0.227. The van der Waals surface area contributed by atoms with Gasteiger partial charge in [-0.3, -0.25) is 14.3 Å². The SMILES string of the molecule is COc1ccc(Cn2c(I)nc3c(c(C#N)nn3C(C)c3ccc(C(F)(F)F)nc3)c2=O)cc1. The first-order chi connectivity index (χ1) is 16.1. The molecule has 8 nitrogen and oxygen atoms in total. The lowest BCUT2D eigenvalue weighted by Crippen LogP contribution is -2.25. The molecule has 1 atom stereocenters. The molecule has 0 radical (unpaired) electrons. The van der Waals surface area contributed by atoms with Crippen molar-refractivity contribution in [3.8, 4) is 11.8 Å². The van der Waals surface area contributed by atoms with Crippen molar-refractivity contribution in [2.45, 2.75) is 25.7 Å². The third-order valence-corrected chi connectivity index (χ3v) is 6.12. The van der Waals surface area contributed by atoms with Crippen LogP contribution in [-0.2, 0) is 12.7 Å². The summed E-state index contributed by atoms with van der Waals surface area (Å²) in [6, 6.07) is 10.7. The highest BCUT2D eigenvalue weighted by atomic mass is 127. The minimum Gasteiger partial charge on any atom is -0.497 e. The second-order valence-electron chi connectivity index (χ2n) is 7.37. The van der Waals surface area contributed by atoms with Crippen LogP contribution in [0.25, 0.3) is 11.0 Å². The fourth-order valence-electron chi connectivity index (χ4n) is 3.46. The molecule has 0 aliphatic carbocycles. The number of fused-ring (bicyclic) bond motifs is 1. The largest absolute Gasteiger partial charge is 0.497 e. The van der Waals surface area contributed by atoms with E-state index in [9.17, 15) is 23.2 Å². The van der Waals surface area contributed by atoms with Crippen LogP contribution in [0.15, 0.2) is 47.4 Å². The monoisotopic (exact) mass is 580 g/mol. The summed E-state index contributed by atoms with van der Waals surface area (Å²) >= 11 is 1.93. The average Bonchev–Trinajstić information content (AvgIpc) is 3.19. The van der Waals surface area contributed by atoms with E-state index in [0.29, 0.717) is 15.1 Å². The van der Waals surface area contributed by atoms with Crippen molar-refractivity contribution >= 4 is 33.6 Å². The molecular formula is C22H16F3IN6O2. The lowest BCUT2D eigenvalue weighted by molar-refractivity contribution is -0.141. The molecule has 4 rings (SSSR count). The highest BCUT2D eigenvalue weighted by molar-refractivity contribution is 14.1. The Morgan fingerprint density at radius 1 is 1.21 bits per heavy atom. The number of pyridine rings is 1. The van der Waals surface area contributed by atoms with Crippen LogP contribution in [0.4, 0.5) is 13.2 Å². The summed E-state index contributed by atoms with van der Waals surface area (Å²) in [6.45, 7) is 1.90. The van der Waals surface area contributed by atoms with Gasteiger partial charge in [-0.15, -0.1) is 0 Å². The van der Waals surface area contributed by atoms with Gasteiger partial charge in [0.25, 0.3) is 5.56 Å². The number of halogens is 4. The summed E-state index contributed by atoms with van der Waals surface area (Å²) in [5.41, 5.74) is -0.145. The van der Waals surface area contributed by atoms with E-state index in [4.69, 9.17) is 4.74 Å². The average molecular weight is 580 g/mol. The number of ether oxygens (including phenoxy) is 1. The van der Waals surface area contributed by atoms with Gasteiger partial charge in [0.05, 0.1) is 19.7 Å². The zero-order chi connectivity index (χ0) is 24.6. The van der Waals surface area contributed by atoms with Gasteiger partial charge < -0.3 is 4.74 Å². The van der Waals surface area contributed by atoms with E-state index in [1.807, 2.05) is 40.8 Å². The standard InChI is InChI=1S/C22H16F3IN6O2/c1-12(14-5-8-17(28-10-14)22(23,24)25)32-19-18(16(9-27)30-32)20(33)31(21(26)29-19)11-13-3-6-15(34-2)7-4-13/h3-8,10,12H,11H2,1-2H3. The number of hydrogen-bond acceptors (Lipinski definition) is 6. The minimum atomic E-state index is -4.55. The first-order valence-corrected chi connectivity index (χ1v) is 11.0. The molecule has 0 amide bonds. The Morgan fingerprint density at radius 2 is 1.91 bits per heavy atom. The van der Waals surface area contributed by atoms with Crippen LogP contribution in [0, 0.1) is 15.2 Å². The number of methoxy groups -OCH3 is 1. The Kier molecular flexibility index (Phi) is 6.30. The van der Waals surface area contributed by atoms with Crippen molar-refractivity contribution in [2.24, 2.45) is 0 Å². The van der Waals surface area contributed by atoms with Crippen molar-refractivity contribution in [1.82, 2.24) is 24.3 Å². The van der Waals surface area contributed by atoms with E-state index < -0.39 is 23.5 Å². The fourth-order valence-corrected chi connectivity index (χ4v) is 4.07. The van der Waals surface area contributed by atoms with E-state index in [1.165, 1.54) is 15.3 Å². The predicted molar refractivity (Wildman–Crippen MR) is 124 cm³/mol. The molecule has 0 N–H and O–H groups in total. The zero-order valence-electron chi connectivity index (χ0n) is 17.8. The van der Waals surface area contributed by atoms with Crippen LogP contribution >= 0.6 is 22.6 Å². The van der Waals surface area contributed by atoms with Gasteiger partial charge in [0.1, 0.15) is 22.9 Å². The Morgan fingerprint density at radius 3 is 2.47 bits per heavy atom. The molecule has 34 heavy (non-hydrogen) atoms. The van der Waals surface area contributed by atoms with Crippen molar-refractivity contribution in [3.05, 3.63) is 79.3 Å². The van der Waals surface area contributed by atoms with Crippen LogP contribution < -0.4 is 10.3 Å². The third kappa shape index (κ3) is 4.35. The minimum absolute atomic E-state index is 0.0446. The molecule has 0 saturated heterocycles. The molecule has 0 saturated carbocycles. The predicted octanol–water partition coefficient (Wildman–Crippen LogP) is 4.15. The van der Waals surface area contributed by atoms with Gasteiger partial charge in [-0.05, 0) is 36.2 Å². The Bertz CT molecular complexity index is 1450. The van der Waals surface area contributed by atoms with Gasteiger partial charge in [0.15, 0.2) is 15.2 Å².